The van der Waals surface area contributed by atoms with Gasteiger partial charge in [0.1, 0.15) is 0 Å². The van der Waals surface area contributed by atoms with E-state index in [9.17, 15) is 13.9 Å². The molecule has 0 radical (unpaired) electrons. The van der Waals surface area contributed by atoms with Crippen LogP contribution in [-0.4, -0.2) is 37.6 Å². The lowest BCUT2D eigenvalue weighted by molar-refractivity contribution is 0.0859. The first kappa shape index (κ1) is 15.3. The molecule has 6 heteroatoms. The Labute approximate surface area is 120 Å². The van der Waals surface area contributed by atoms with Crippen LogP contribution in [0.1, 0.15) is 42.1 Å². The molecular weight excluding hydrogens is 278 g/mol. The van der Waals surface area contributed by atoms with Gasteiger partial charge in [0.05, 0.1) is 10.5 Å². The summed E-state index contributed by atoms with van der Waals surface area (Å²) in [7, 11) is -3.21. The number of aliphatic hydroxyl groups excluding tert-OH is 1. The minimum atomic E-state index is -3.21. The van der Waals surface area contributed by atoms with E-state index in [1.54, 1.807) is 12.1 Å². The fourth-order valence-electron chi connectivity index (χ4n) is 2.39. The number of carbonyl (C=O) groups is 1. The summed E-state index contributed by atoms with van der Waals surface area (Å²) < 4.78 is 21.7. The third kappa shape index (κ3) is 2.69. The molecule has 0 aliphatic carbocycles. The van der Waals surface area contributed by atoms with Crippen LogP contribution in [0.5, 0.6) is 0 Å². The quantitative estimate of drug-likeness (QED) is 0.706. The number of rotatable bonds is 6. The Balaban J connectivity index is 2.27. The van der Waals surface area contributed by atoms with E-state index in [4.69, 9.17) is 5.11 Å². The van der Waals surface area contributed by atoms with Gasteiger partial charge in [0, 0.05) is 13.2 Å². The number of fused-ring (bicyclic) bond motifs is 1. The van der Waals surface area contributed by atoms with Gasteiger partial charge in [-0.05, 0) is 37.0 Å². The monoisotopic (exact) mass is 299 g/mol. The molecule has 0 aromatic heterocycles. The molecule has 20 heavy (non-hydrogen) atoms. The molecule has 1 aliphatic rings. The summed E-state index contributed by atoms with van der Waals surface area (Å²) in [6.45, 7) is 2.35. The van der Waals surface area contributed by atoms with Crippen molar-refractivity contribution < 1.29 is 19.0 Å². The number of hydrogen-bond donors (Lipinski definition) is 3. The number of benzene rings is 1. The lowest BCUT2D eigenvalue weighted by Gasteiger charge is -2.36. The van der Waals surface area contributed by atoms with E-state index in [0.29, 0.717) is 23.3 Å². The molecule has 2 rings (SSSR count). The van der Waals surface area contributed by atoms with Crippen molar-refractivity contribution in [3.05, 3.63) is 29.3 Å². The van der Waals surface area contributed by atoms with Gasteiger partial charge in [-0.25, -0.2) is 4.31 Å². The molecule has 0 fully saturated rings. The van der Waals surface area contributed by atoms with Crippen LogP contribution in [0.3, 0.4) is 0 Å². The van der Waals surface area contributed by atoms with Crippen LogP contribution in [0.25, 0.3) is 0 Å². The minimum absolute atomic E-state index is 0.0365. The third-order valence-electron chi connectivity index (χ3n) is 3.41. The van der Waals surface area contributed by atoms with Crippen molar-refractivity contribution in [2.75, 3.05) is 13.2 Å². The van der Waals surface area contributed by atoms with Gasteiger partial charge in [0.2, 0.25) is 0 Å². The summed E-state index contributed by atoms with van der Waals surface area (Å²) in [6, 6.07) is 5.27. The molecule has 1 amide bonds. The predicted octanol–water partition coefficient (Wildman–Crippen LogP) is 2.89. The summed E-state index contributed by atoms with van der Waals surface area (Å²) in [6.07, 6.45) is 2.93. The van der Waals surface area contributed by atoms with E-state index in [-0.39, 0.29) is 19.1 Å². The Morgan fingerprint density at radius 3 is 2.65 bits per heavy atom. The zero-order chi connectivity index (χ0) is 14.8. The summed E-state index contributed by atoms with van der Waals surface area (Å²) in [5.74, 6) is -0.323. The van der Waals surface area contributed by atoms with Gasteiger partial charge >= 0.3 is 0 Å². The van der Waals surface area contributed by atoms with Crippen molar-refractivity contribution in [1.82, 2.24) is 4.31 Å². The van der Waals surface area contributed by atoms with Crippen LogP contribution in [-0.2, 0) is 6.42 Å². The van der Waals surface area contributed by atoms with Crippen LogP contribution in [0.4, 0.5) is 0 Å². The fraction of sp³-hybridized carbons (Fsp3) is 0.500. The van der Waals surface area contributed by atoms with E-state index in [2.05, 4.69) is 6.92 Å². The van der Waals surface area contributed by atoms with E-state index in [0.717, 1.165) is 22.7 Å². The molecule has 1 heterocycles. The minimum Gasteiger partial charge on any atom is -0.396 e. The maximum Gasteiger partial charge on any atom is 0.274 e. The van der Waals surface area contributed by atoms with E-state index < -0.39 is 10.8 Å². The number of hydrogen-bond acceptors (Lipinski definition) is 4. The topological polar surface area (TPSA) is 81.0 Å². The van der Waals surface area contributed by atoms with Gasteiger partial charge in [0.25, 0.3) is 5.91 Å². The maximum atomic E-state index is 12.3. The molecule has 3 N–H and O–H groups in total. The summed E-state index contributed by atoms with van der Waals surface area (Å²) >= 11 is 0. The van der Waals surface area contributed by atoms with E-state index in [1.165, 1.54) is 0 Å². The molecule has 1 aromatic rings. The van der Waals surface area contributed by atoms with Crippen molar-refractivity contribution >= 4 is 16.7 Å². The standard InChI is InChI=1S/C14H21NO4S/c1-2-5-11-6-7-13-12(10-11)14(17)15(20(13,18)19)8-3-4-9-16/h6-7,10,16,18-19H,2-5,8-9H2,1H3. The van der Waals surface area contributed by atoms with Gasteiger partial charge in [-0.2, -0.15) is 0 Å². The normalized spacial score (nSPS) is 18.2. The van der Waals surface area contributed by atoms with Crippen molar-refractivity contribution in [1.29, 1.82) is 0 Å². The van der Waals surface area contributed by atoms with Crippen molar-refractivity contribution in [2.24, 2.45) is 0 Å². The Morgan fingerprint density at radius 2 is 2.00 bits per heavy atom. The smallest absolute Gasteiger partial charge is 0.274 e. The maximum absolute atomic E-state index is 12.3. The lowest BCUT2D eigenvalue weighted by atomic mass is 10.1. The molecule has 0 spiro atoms. The summed E-state index contributed by atoms with van der Waals surface area (Å²) in [5.41, 5.74) is 1.44. The van der Waals surface area contributed by atoms with Crippen molar-refractivity contribution in [2.45, 2.75) is 37.5 Å². The second kappa shape index (κ2) is 6.13. The Morgan fingerprint density at radius 1 is 1.25 bits per heavy atom. The number of amides is 1. The Hall–Kier alpha value is -1.08. The number of aryl methyl sites for hydroxylation is 1. The molecule has 0 unspecified atom stereocenters. The van der Waals surface area contributed by atoms with Gasteiger partial charge in [-0.3, -0.25) is 13.9 Å². The van der Waals surface area contributed by atoms with Gasteiger partial charge in [-0.1, -0.05) is 30.2 Å². The second-order valence-electron chi connectivity index (χ2n) is 4.94. The van der Waals surface area contributed by atoms with Gasteiger partial charge in [-0.15, -0.1) is 0 Å². The number of unbranched alkanes of at least 4 members (excludes halogenated alkanes) is 1. The highest BCUT2D eigenvalue weighted by Gasteiger charge is 2.40. The highest BCUT2D eigenvalue weighted by Crippen LogP contribution is 2.58. The zero-order valence-electron chi connectivity index (χ0n) is 11.6. The average Bonchev–Trinajstić information content (AvgIpc) is 2.60. The average molecular weight is 299 g/mol. The Bertz CT molecular complexity index is 504. The highest BCUT2D eigenvalue weighted by atomic mass is 32.3. The zero-order valence-corrected chi connectivity index (χ0v) is 12.4. The first-order valence-corrected chi connectivity index (χ1v) is 8.36. The molecular formula is C14H21NO4S. The molecule has 0 saturated heterocycles. The molecule has 0 saturated carbocycles. The fourth-order valence-corrected chi connectivity index (χ4v) is 4.03. The molecule has 1 aromatic carbocycles. The molecule has 1 aliphatic heterocycles. The Kier molecular flexibility index (Phi) is 4.70. The number of aliphatic hydroxyl groups is 1. The number of carbonyl (C=O) groups excluding carboxylic acids is 1. The highest BCUT2D eigenvalue weighted by molar-refractivity contribution is 8.23. The summed E-state index contributed by atoms with van der Waals surface area (Å²) in [4.78, 5) is 12.7. The van der Waals surface area contributed by atoms with Crippen molar-refractivity contribution in [3.63, 3.8) is 0 Å². The largest absolute Gasteiger partial charge is 0.396 e. The van der Waals surface area contributed by atoms with Gasteiger partial charge in [0.15, 0.2) is 0 Å². The van der Waals surface area contributed by atoms with Crippen LogP contribution in [0, 0.1) is 0 Å². The van der Waals surface area contributed by atoms with Crippen LogP contribution >= 0.6 is 10.8 Å². The third-order valence-corrected chi connectivity index (χ3v) is 5.32. The lowest BCUT2D eigenvalue weighted by Crippen LogP contribution is -2.28. The van der Waals surface area contributed by atoms with E-state index in [1.807, 2.05) is 6.07 Å². The SMILES string of the molecule is CCCc1ccc2c(c1)C(=O)N(CCCCO)S2(O)O. The molecule has 5 nitrogen and oxygen atoms in total. The van der Waals surface area contributed by atoms with Crippen LogP contribution in [0.15, 0.2) is 23.1 Å². The molecule has 0 atom stereocenters. The molecule has 0 bridgehead atoms. The predicted molar refractivity (Wildman–Crippen MR) is 78.9 cm³/mol. The van der Waals surface area contributed by atoms with Crippen LogP contribution in [0.2, 0.25) is 0 Å². The first-order valence-electron chi connectivity index (χ1n) is 6.86. The number of nitrogens with zero attached hydrogens (tertiary/aromatic N) is 1. The van der Waals surface area contributed by atoms with E-state index >= 15 is 0 Å². The first-order chi connectivity index (χ1) is 9.52. The molecule has 112 valence electrons. The second-order valence-corrected chi connectivity index (χ2v) is 6.86. The van der Waals surface area contributed by atoms with Crippen LogP contribution < -0.4 is 0 Å². The summed E-state index contributed by atoms with van der Waals surface area (Å²) in [5, 5.41) is 8.78. The van der Waals surface area contributed by atoms with Gasteiger partial charge < -0.3 is 5.11 Å². The van der Waals surface area contributed by atoms with Crippen molar-refractivity contribution in [3.8, 4) is 0 Å².